The molecule has 0 spiro atoms. The van der Waals surface area contributed by atoms with Crippen molar-refractivity contribution in [3.63, 3.8) is 0 Å². The number of benzene rings is 3. The number of carbonyl (C=O) groups is 2. The smallest absolute Gasteiger partial charge is 0.295 e. The lowest BCUT2D eigenvalue weighted by Crippen LogP contribution is -2.38. The zero-order chi connectivity index (χ0) is 24.0. The van der Waals surface area contributed by atoms with Gasteiger partial charge in [-0.15, -0.1) is 0 Å². The second-order valence-corrected chi connectivity index (χ2v) is 9.52. The summed E-state index contributed by atoms with van der Waals surface area (Å²) < 4.78 is 27.7. The first-order chi connectivity index (χ1) is 16.4. The van der Waals surface area contributed by atoms with Crippen LogP contribution in [0.1, 0.15) is 23.2 Å². The summed E-state index contributed by atoms with van der Waals surface area (Å²) in [6.45, 7) is 1.33. The second kappa shape index (κ2) is 10.4. The molecule has 3 aromatic rings. The molecule has 0 aliphatic carbocycles. The lowest BCUT2D eigenvalue weighted by Gasteiger charge is -2.24. The quantitative estimate of drug-likeness (QED) is 0.501. The molecule has 1 aliphatic heterocycles. The molecule has 1 saturated heterocycles. The van der Waals surface area contributed by atoms with Crippen molar-refractivity contribution >= 4 is 27.5 Å². The molecule has 0 bridgehead atoms. The van der Waals surface area contributed by atoms with Gasteiger partial charge in [0.15, 0.2) is 5.75 Å². The molecular weight excluding hydrogens is 454 g/mol. The molecule has 3 aromatic carbocycles. The van der Waals surface area contributed by atoms with Gasteiger partial charge in [0.2, 0.25) is 5.91 Å². The fraction of sp³-hybridized carbons (Fsp3) is 0.200. The predicted molar refractivity (Wildman–Crippen MR) is 128 cm³/mol. The van der Waals surface area contributed by atoms with Crippen molar-refractivity contribution in [3.8, 4) is 5.75 Å². The molecule has 2 amide bonds. The molecule has 0 radical (unpaired) electrons. The van der Waals surface area contributed by atoms with Crippen molar-refractivity contribution in [1.29, 1.82) is 0 Å². The Morgan fingerprint density at radius 1 is 0.853 bits per heavy atom. The normalized spacial score (nSPS) is 13.4. The van der Waals surface area contributed by atoms with Gasteiger partial charge in [0.05, 0.1) is 17.1 Å². The SMILES string of the molecule is O=C(NCC(=O)N1CCCC1)c1ccc(S(=O)(=O)N(Oc2ccccc2)c2ccccc2)cc1. The number of hydrogen-bond acceptors (Lipinski definition) is 5. The number of para-hydroxylation sites is 2. The van der Waals surface area contributed by atoms with Crippen LogP contribution in [-0.4, -0.2) is 44.8 Å². The number of rotatable bonds is 8. The zero-order valence-corrected chi connectivity index (χ0v) is 19.3. The first-order valence-electron chi connectivity index (χ1n) is 10.9. The van der Waals surface area contributed by atoms with Gasteiger partial charge in [0.1, 0.15) is 0 Å². The largest absolute Gasteiger partial charge is 0.364 e. The van der Waals surface area contributed by atoms with Gasteiger partial charge < -0.3 is 15.1 Å². The Labute approximate surface area is 198 Å². The minimum atomic E-state index is -4.11. The summed E-state index contributed by atoms with van der Waals surface area (Å²) in [5.41, 5.74) is 0.581. The minimum absolute atomic E-state index is 0.0445. The maximum Gasteiger partial charge on any atom is 0.295 e. The molecule has 4 rings (SSSR count). The summed E-state index contributed by atoms with van der Waals surface area (Å²) in [6, 6.07) is 22.6. The lowest BCUT2D eigenvalue weighted by atomic mass is 10.2. The molecular formula is C25H25N3O5S. The van der Waals surface area contributed by atoms with Crippen LogP contribution < -0.4 is 14.6 Å². The Morgan fingerprint density at radius 3 is 2.06 bits per heavy atom. The van der Waals surface area contributed by atoms with Gasteiger partial charge in [0, 0.05) is 18.7 Å². The Kier molecular flexibility index (Phi) is 7.12. The van der Waals surface area contributed by atoms with Crippen LogP contribution in [0.15, 0.2) is 89.8 Å². The monoisotopic (exact) mass is 479 g/mol. The van der Waals surface area contributed by atoms with Crippen LogP contribution in [0.5, 0.6) is 5.75 Å². The molecule has 176 valence electrons. The Balaban J connectivity index is 1.50. The predicted octanol–water partition coefficient (Wildman–Crippen LogP) is 3.23. The van der Waals surface area contributed by atoms with E-state index in [0.29, 0.717) is 24.5 Å². The van der Waals surface area contributed by atoms with Crippen LogP contribution in [0, 0.1) is 0 Å². The maximum absolute atomic E-state index is 13.4. The first kappa shape index (κ1) is 23.3. The lowest BCUT2D eigenvalue weighted by molar-refractivity contribution is -0.129. The number of nitrogens with zero attached hydrogens (tertiary/aromatic N) is 2. The summed E-state index contributed by atoms with van der Waals surface area (Å²) in [5.74, 6) is -0.216. The molecule has 0 saturated carbocycles. The highest BCUT2D eigenvalue weighted by Crippen LogP contribution is 2.26. The van der Waals surface area contributed by atoms with E-state index in [1.54, 1.807) is 65.6 Å². The number of nitrogens with one attached hydrogen (secondary N) is 1. The summed E-state index contributed by atoms with van der Waals surface area (Å²) >= 11 is 0. The maximum atomic E-state index is 13.4. The van der Waals surface area contributed by atoms with E-state index in [4.69, 9.17) is 4.84 Å². The fourth-order valence-corrected chi connectivity index (χ4v) is 4.83. The third kappa shape index (κ3) is 5.37. The van der Waals surface area contributed by atoms with Gasteiger partial charge in [-0.05, 0) is 61.4 Å². The van der Waals surface area contributed by atoms with Crippen LogP contribution in [0.3, 0.4) is 0 Å². The Hall–Kier alpha value is -3.85. The summed E-state index contributed by atoms with van der Waals surface area (Å²) in [6.07, 6.45) is 1.95. The van der Waals surface area contributed by atoms with Crippen molar-refractivity contribution in [1.82, 2.24) is 10.2 Å². The second-order valence-electron chi connectivity index (χ2n) is 7.77. The number of sulfonamides is 1. The summed E-state index contributed by atoms with van der Waals surface area (Å²) in [4.78, 5) is 32.0. The van der Waals surface area contributed by atoms with Gasteiger partial charge in [-0.1, -0.05) is 40.9 Å². The molecule has 1 fully saturated rings. The standard InChI is InChI=1S/C25H25N3O5S/c29-24(27-17-7-8-18-27)19-26-25(30)20-13-15-23(16-14-20)34(31,32)28(21-9-3-1-4-10-21)33-22-11-5-2-6-12-22/h1-6,9-16H,7-8,17-19H2,(H,26,30). The highest BCUT2D eigenvalue weighted by molar-refractivity contribution is 7.92. The molecule has 0 atom stereocenters. The molecule has 1 heterocycles. The van der Waals surface area contributed by atoms with Crippen molar-refractivity contribution in [2.45, 2.75) is 17.7 Å². The molecule has 34 heavy (non-hydrogen) atoms. The van der Waals surface area contributed by atoms with E-state index in [1.165, 1.54) is 24.3 Å². The van der Waals surface area contributed by atoms with Gasteiger partial charge >= 0.3 is 0 Å². The molecule has 0 unspecified atom stereocenters. The van der Waals surface area contributed by atoms with E-state index >= 15 is 0 Å². The van der Waals surface area contributed by atoms with E-state index in [-0.39, 0.29) is 22.9 Å². The van der Waals surface area contributed by atoms with Crippen LogP contribution in [0.4, 0.5) is 5.69 Å². The highest BCUT2D eigenvalue weighted by Gasteiger charge is 2.28. The van der Waals surface area contributed by atoms with Crippen LogP contribution in [-0.2, 0) is 14.8 Å². The Bertz CT molecular complexity index is 1230. The number of anilines is 1. The van der Waals surface area contributed by atoms with Crippen LogP contribution in [0.2, 0.25) is 0 Å². The topological polar surface area (TPSA) is 96.0 Å². The average Bonchev–Trinajstić information content (AvgIpc) is 3.42. The van der Waals surface area contributed by atoms with Gasteiger partial charge in [-0.25, -0.2) is 0 Å². The van der Waals surface area contributed by atoms with E-state index in [9.17, 15) is 18.0 Å². The van der Waals surface area contributed by atoms with E-state index in [1.807, 2.05) is 0 Å². The average molecular weight is 480 g/mol. The van der Waals surface area contributed by atoms with Crippen molar-refractivity contribution in [2.24, 2.45) is 0 Å². The van der Waals surface area contributed by atoms with E-state index in [0.717, 1.165) is 17.3 Å². The first-order valence-corrected chi connectivity index (χ1v) is 12.4. The van der Waals surface area contributed by atoms with Gasteiger partial charge in [0.25, 0.3) is 15.9 Å². The molecule has 0 aromatic heterocycles. The molecule has 1 aliphatic rings. The van der Waals surface area contributed by atoms with E-state index < -0.39 is 15.9 Å². The zero-order valence-electron chi connectivity index (χ0n) is 18.5. The Morgan fingerprint density at radius 2 is 1.44 bits per heavy atom. The van der Waals surface area contributed by atoms with E-state index in [2.05, 4.69) is 5.32 Å². The number of amides is 2. The molecule has 8 nitrogen and oxygen atoms in total. The number of carbonyl (C=O) groups excluding carboxylic acids is 2. The van der Waals surface area contributed by atoms with Crippen LogP contribution >= 0.6 is 0 Å². The van der Waals surface area contributed by atoms with Crippen molar-refractivity contribution in [3.05, 3.63) is 90.5 Å². The summed E-state index contributed by atoms with van der Waals surface area (Å²) in [7, 11) is -4.11. The van der Waals surface area contributed by atoms with Crippen molar-refractivity contribution in [2.75, 3.05) is 24.1 Å². The fourth-order valence-electron chi connectivity index (χ4n) is 3.58. The molecule has 1 N–H and O–H groups in total. The van der Waals surface area contributed by atoms with Gasteiger partial charge in [-0.2, -0.15) is 8.42 Å². The third-order valence-electron chi connectivity index (χ3n) is 5.39. The van der Waals surface area contributed by atoms with Gasteiger partial charge in [-0.3, -0.25) is 9.59 Å². The third-order valence-corrected chi connectivity index (χ3v) is 6.98. The number of hydrogen-bond donors (Lipinski definition) is 1. The van der Waals surface area contributed by atoms with Crippen LogP contribution in [0.25, 0.3) is 0 Å². The van der Waals surface area contributed by atoms with Crippen molar-refractivity contribution < 1.29 is 22.8 Å². The minimum Gasteiger partial charge on any atom is -0.364 e. The highest BCUT2D eigenvalue weighted by atomic mass is 32.2. The molecule has 9 heteroatoms. The summed E-state index contributed by atoms with van der Waals surface area (Å²) in [5, 5.41) is 2.60. The number of likely N-dealkylation sites (tertiary alicyclic amines) is 1.